The van der Waals surface area contributed by atoms with Crippen LogP contribution in [0.5, 0.6) is 0 Å². The first-order valence-electron chi connectivity index (χ1n) is 12.3. The molecule has 3 heterocycles. The van der Waals surface area contributed by atoms with Gasteiger partial charge in [0.2, 0.25) is 5.91 Å². The lowest BCUT2D eigenvalue weighted by atomic mass is 10.0. The number of fused-ring (bicyclic) bond motifs is 1. The predicted molar refractivity (Wildman–Crippen MR) is 140 cm³/mol. The van der Waals surface area contributed by atoms with Crippen molar-refractivity contribution in [2.75, 3.05) is 51.9 Å². The number of carbonyl (C=O) groups excluding carboxylic acids is 3. The second-order valence-corrected chi connectivity index (χ2v) is 9.86. The molecule has 1 atom stereocenters. The summed E-state index contributed by atoms with van der Waals surface area (Å²) in [5.41, 5.74) is 2.24. The van der Waals surface area contributed by atoms with E-state index in [0.29, 0.717) is 62.3 Å². The maximum Gasteiger partial charge on any atom is 0.319 e. The Kier molecular flexibility index (Phi) is 7.20. The van der Waals surface area contributed by atoms with Gasteiger partial charge < -0.3 is 25.3 Å². The minimum Gasteiger partial charge on any atom is -0.361 e. The molecule has 194 valence electrons. The summed E-state index contributed by atoms with van der Waals surface area (Å²) in [4.78, 5) is 45.0. The highest BCUT2D eigenvalue weighted by molar-refractivity contribution is 6.30. The van der Waals surface area contributed by atoms with Gasteiger partial charge in [-0.2, -0.15) is 0 Å². The number of carbonyl (C=O) groups is 3. The van der Waals surface area contributed by atoms with E-state index in [4.69, 9.17) is 11.6 Å². The van der Waals surface area contributed by atoms with Gasteiger partial charge in [-0.1, -0.05) is 41.9 Å². The van der Waals surface area contributed by atoms with Gasteiger partial charge in [-0.15, -0.1) is 0 Å². The van der Waals surface area contributed by atoms with Gasteiger partial charge >= 0.3 is 6.03 Å². The van der Waals surface area contributed by atoms with Gasteiger partial charge in [0, 0.05) is 56.6 Å². The van der Waals surface area contributed by atoms with Crippen LogP contribution < -0.4 is 10.6 Å². The van der Waals surface area contributed by atoms with Crippen molar-refractivity contribution in [3.8, 4) is 0 Å². The second-order valence-electron chi connectivity index (χ2n) is 9.43. The number of hydrogen-bond acceptors (Lipinski definition) is 6. The Bertz CT molecular complexity index is 1180. The van der Waals surface area contributed by atoms with Crippen LogP contribution in [0, 0.1) is 0 Å². The molecule has 2 N–H and O–H groups in total. The number of amides is 4. The number of hydrazine groups is 1. The van der Waals surface area contributed by atoms with E-state index >= 15 is 0 Å². The van der Waals surface area contributed by atoms with Gasteiger partial charge in [0.25, 0.3) is 5.91 Å². The van der Waals surface area contributed by atoms with Crippen LogP contribution in [0.3, 0.4) is 0 Å². The van der Waals surface area contributed by atoms with Gasteiger partial charge in [0.05, 0.1) is 6.67 Å². The number of benzene rings is 2. The highest BCUT2D eigenvalue weighted by Gasteiger charge is 2.41. The lowest BCUT2D eigenvalue weighted by Crippen LogP contribution is -2.59. The Hall–Kier alpha value is -3.76. The maximum atomic E-state index is 13.6. The van der Waals surface area contributed by atoms with Crippen molar-refractivity contribution in [3.05, 3.63) is 77.1 Å². The molecule has 0 aliphatic carbocycles. The molecule has 2 aromatic carbocycles. The molecule has 3 aliphatic heterocycles. The molecule has 0 aromatic heterocycles. The van der Waals surface area contributed by atoms with Crippen molar-refractivity contribution in [1.82, 2.24) is 30.0 Å². The Morgan fingerprint density at radius 2 is 1.68 bits per heavy atom. The predicted octanol–water partition coefficient (Wildman–Crippen LogP) is 1.98. The third-order valence-electron chi connectivity index (χ3n) is 6.73. The first kappa shape index (κ1) is 24.9. The van der Waals surface area contributed by atoms with Gasteiger partial charge in [-0.05, 0) is 29.8 Å². The molecule has 2 aromatic rings. The molecule has 11 heteroatoms. The molecule has 2 saturated heterocycles. The number of piperazine rings is 1. The third kappa shape index (κ3) is 5.65. The minimum atomic E-state index is -0.735. The molecule has 10 nitrogen and oxygen atoms in total. The zero-order valence-electron chi connectivity index (χ0n) is 20.6. The fraction of sp³-hybridized carbons (Fsp3) is 0.346. The van der Waals surface area contributed by atoms with Crippen molar-refractivity contribution in [2.45, 2.75) is 12.5 Å². The van der Waals surface area contributed by atoms with Crippen LogP contribution in [0.25, 0.3) is 0 Å². The van der Waals surface area contributed by atoms with Gasteiger partial charge in [0.15, 0.2) is 0 Å². The highest BCUT2D eigenvalue weighted by Crippen LogP contribution is 2.26. The van der Waals surface area contributed by atoms with Gasteiger partial charge in [-0.25, -0.2) is 14.8 Å². The maximum absolute atomic E-state index is 13.6. The normalized spacial score (nSPS) is 18.5. The highest BCUT2D eigenvalue weighted by atomic mass is 35.5. The third-order valence-corrected chi connectivity index (χ3v) is 6.98. The largest absolute Gasteiger partial charge is 0.361 e. The Balaban J connectivity index is 1.22. The lowest BCUT2D eigenvalue weighted by Gasteiger charge is -2.40. The van der Waals surface area contributed by atoms with Crippen LogP contribution in [0.15, 0.2) is 66.5 Å². The summed E-state index contributed by atoms with van der Waals surface area (Å²) in [7, 11) is 1.95. The van der Waals surface area contributed by atoms with Crippen LogP contribution >= 0.6 is 11.6 Å². The molecule has 0 saturated carbocycles. The fourth-order valence-corrected chi connectivity index (χ4v) is 4.98. The van der Waals surface area contributed by atoms with Crippen molar-refractivity contribution >= 4 is 35.1 Å². The molecular weight excluding hydrogens is 494 g/mol. The Labute approximate surface area is 221 Å². The van der Waals surface area contributed by atoms with E-state index in [0.717, 1.165) is 5.56 Å². The van der Waals surface area contributed by atoms with E-state index < -0.39 is 12.1 Å². The monoisotopic (exact) mass is 523 g/mol. The zero-order chi connectivity index (χ0) is 25.9. The van der Waals surface area contributed by atoms with Crippen LogP contribution in [0.4, 0.5) is 10.5 Å². The topological polar surface area (TPSA) is 91.5 Å². The van der Waals surface area contributed by atoms with E-state index in [1.807, 2.05) is 58.4 Å². The number of nitrogens with one attached hydrogen (secondary N) is 2. The standard InChI is InChI=1S/C26H30ClN7O3/c1-30-16-23-25(36)34(18-32(23)17-30)33-13-11-31(12-14-33)24(35)22(15-19-5-3-2-4-6-19)29-26(37)28-21-9-7-20(27)8-10-21/h2-10,16,22H,11-15,17-18H2,1H3,(H2,28,29,37)/t22-/m1/s1. The molecule has 3 aliphatic rings. The summed E-state index contributed by atoms with van der Waals surface area (Å²) in [5, 5.41) is 9.98. The quantitative estimate of drug-likeness (QED) is 0.601. The van der Waals surface area contributed by atoms with Gasteiger partial charge in [0.1, 0.15) is 18.4 Å². The average Bonchev–Trinajstić information content (AvgIpc) is 3.41. The first-order chi connectivity index (χ1) is 17.9. The zero-order valence-corrected chi connectivity index (χ0v) is 21.4. The first-order valence-corrected chi connectivity index (χ1v) is 12.6. The smallest absolute Gasteiger partial charge is 0.319 e. The van der Waals surface area contributed by atoms with E-state index in [2.05, 4.69) is 10.6 Å². The summed E-state index contributed by atoms with van der Waals surface area (Å²) in [6.07, 6.45) is 2.24. The molecule has 2 fully saturated rings. The fourth-order valence-electron chi connectivity index (χ4n) is 4.85. The van der Waals surface area contributed by atoms with E-state index in [1.54, 1.807) is 34.2 Å². The lowest BCUT2D eigenvalue weighted by molar-refractivity contribution is -0.149. The van der Waals surface area contributed by atoms with Crippen molar-refractivity contribution in [2.24, 2.45) is 0 Å². The second kappa shape index (κ2) is 10.7. The molecule has 5 rings (SSSR count). The Morgan fingerprint density at radius 3 is 2.35 bits per heavy atom. The van der Waals surface area contributed by atoms with Crippen LogP contribution in [-0.4, -0.2) is 95.2 Å². The number of urea groups is 1. The molecular formula is C26H30ClN7O3. The van der Waals surface area contributed by atoms with Crippen LogP contribution in [-0.2, 0) is 16.0 Å². The van der Waals surface area contributed by atoms with E-state index in [1.165, 1.54) is 0 Å². The molecule has 0 radical (unpaired) electrons. The number of hydrogen-bond donors (Lipinski definition) is 2. The summed E-state index contributed by atoms with van der Waals surface area (Å²) >= 11 is 5.93. The van der Waals surface area contributed by atoms with Crippen LogP contribution in [0.1, 0.15) is 5.56 Å². The summed E-state index contributed by atoms with van der Waals surface area (Å²) < 4.78 is 0. The van der Waals surface area contributed by atoms with Crippen LogP contribution in [0.2, 0.25) is 5.02 Å². The number of anilines is 1. The Morgan fingerprint density at radius 1 is 0.973 bits per heavy atom. The molecule has 0 bridgehead atoms. The molecule has 37 heavy (non-hydrogen) atoms. The molecule has 0 unspecified atom stereocenters. The van der Waals surface area contributed by atoms with Crippen molar-refractivity contribution < 1.29 is 14.4 Å². The molecule has 0 spiro atoms. The van der Waals surface area contributed by atoms with Crippen molar-refractivity contribution in [3.63, 3.8) is 0 Å². The van der Waals surface area contributed by atoms with Crippen molar-refractivity contribution in [1.29, 1.82) is 0 Å². The SMILES string of the molecule is CN1C=C2C(=O)N(N3CCN(C(=O)[C@@H](Cc4ccccc4)NC(=O)Nc4ccc(Cl)cc4)CC3)CN2C1. The summed E-state index contributed by atoms with van der Waals surface area (Å²) in [5.74, 6) is -0.154. The minimum absolute atomic E-state index is 0.00776. The van der Waals surface area contributed by atoms with Gasteiger partial charge in [-0.3, -0.25) is 9.59 Å². The summed E-state index contributed by atoms with van der Waals surface area (Å²) in [6, 6.07) is 15.2. The van der Waals surface area contributed by atoms with E-state index in [9.17, 15) is 14.4 Å². The average molecular weight is 524 g/mol. The summed E-state index contributed by atoms with van der Waals surface area (Å²) in [6.45, 7) is 3.24. The number of rotatable bonds is 6. The molecule has 4 amide bonds. The number of nitrogens with zero attached hydrogens (tertiary/aromatic N) is 5. The van der Waals surface area contributed by atoms with E-state index in [-0.39, 0.29) is 11.8 Å². The number of halogens is 1.